The number of nitrogens with one attached hydrogen (secondary N) is 1. The zero-order valence-electron chi connectivity index (χ0n) is 14.5. The van der Waals surface area contributed by atoms with E-state index in [0.717, 1.165) is 25.7 Å². The molecule has 0 spiro atoms. The van der Waals surface area contributed by atoms with E-state index in [0.29, 0.717) is 10.9 Å². The van der Waals surface area contributed by atoms with Gasteiger partial charge in [-0.25, -0.2) is 13.4 Å². The van der Waals surface area contributed by atoms with Gasteiger partial charge in [0.2, 0.25) is 0 Å². The van der Waals surface area contributed by atoms with Crippen LogP contribution in [0.2, 0.25) is 0 Å². The molecule has 132 valence electrons. The molecule has 0 bridgehead atoms. The third-order valence-corrected chi connectivity index (χ3v) is 6.94. The van der Waals surface area contributed by atoms with E-state index in [2.05, 4.69) is 23.6 Å². The second-order valence-corrected chi connectivity index (χ2v) is 10.8. The molecule has 0 aliphatic rings. The Hall–Kier alpha value is -1.57. The van der Waals surface area contributed by atoms with E-state index in [-0.39, 0.29) is 4.90 Å². The molecule has 25 heavy (non-hydrogen) atoms. The van der Waals surface area contributed by atoms with Gasteiger partial charge >= 0.3 is 0 Å². The van der Waals surface area contributed by atoms with Crippen LogP contribution in [0.3, 0.4) is 0 Å². The van der Waals surface area contributed by atoms with Crippen LogP contribution in [0.15, 0.2) is 45.6 Å². The fourth-order valence-corrected chi connectivity index (χ4v) is 6.09. The first kappa shape index (κ1) is 18.2. The summed E-state index contributed by atoms with van der Waals surface area (Å²) in [5, 5.41) is 0.461. The number of nitrogens with zero attached hydrogens (tertiary/aromatic N) is 1. The molecule has 0 aliphatic carbocycles. The second kappa shape index (κ2) is 6.97. The van der Waals surface area contributed by atoms with Crippen molar-refractivity contribution < 1.29 is 8.42 Å². The van der Waals surface area contributed by atoms with E-state index in [1.54, 1.807) is 41.3 Å². The number of aryl methyl sites for hydroxylation is 2. The number of sulfonamides is 1. The smallest absolute Gasteiger partial charge is 0.261 e. The molecule has 0 radical (unpaired) electrons. The summed E-state index contributed by atoms with van der Waals surface area (Å²) < 4.78 is 30.0. The van der Waals surface area contributed by atoms with Crippen LogP contribution in [0.25, 0.3) is 10.2 Å². The molecule has 1 heterocycles. The quantitative estimate of drug-likeness (QED) is 0.605. The van der Waals surface area contributed by atoms with Crippen molar-refractivity contribution in [1.29, 1.82) is 0 Å². The average molecular weight is 393 g/mol. The predicted molar refractivity (Wildman–Crippen MR) is 107 cm³/mol. The molecule has 1 aromatic heterocycles. The molecule has 4 nitrogen and oxygen atoms in total. The Morgan fingerprint density at radius 2 is 1.76 bits per heavy atom. The molecule has 3 aromatic rings. The zero-order valence-corrected chi connectivity index (χ0v) is 17.0. The summed E-state index contributed by atoms with van der Waals surface area (Å²) in [6.45, 7) is 8.03. The van der Waals surface area contributed by atoms with Crippen molar-refractivity contribution in [3.63, 3.8) is 0 Å². The Morgan fingerprint density at radius 1 is 1.08 bits per heavy atom. The Bertz CT molecular complexity index is 1000. The maximum atomic E-state index is 12.7. The lowest BCUT2D eigenvalue weighted by molar-refractivity contribution is 0.601. The third-order valence-electron chi connectivity index (χ3n) is 3.46. The molecule has 0 unspecified atom stereocenters. The fourth-order valence-electron chi connectivity index (χ4n) is 2.52. The Labute approximate surface area is 156 Å². The first-order valence-corrected chi connectivity index (χ1v) is 11.1. The molecule has 3 rings (SSSR count). The number of hydrogen-bond donors (Lipinski definition) is 1. The number of rotatable bonds is 5. The van der Waals surface area contributed by atoms with Gasteiger partial charge in [-0.1, -0.05) is 31.7 Å². The van der Waals surface area contributed by atoms with Crippen LogP contribution in [-0.4, -0.2) is 18.7 Å². The standard InChI is InChI=1S/C18H20N2O2S3/c1-11(2)23-18-19-16-6-5-14(10-17(16)24-18)20-25(21,22)15-8-12(3)7-13(4)9-15/h5-11,20H,1-4H3. The van der Waals surface area contributed by atoms with Crippen LogP contribution in [0, 0.1) is 13.8 Å². The van der Waals surface area contributed by atoms with Crippen molar-refractivity contribution >= 4 is 49.0 Å². The van der Waals surface area contributed by atoms with Crippen molar-refractivity contribution in [1.82, 2.24) is 4.98 Å². The van der Waals surface area contributed by atoms with E-state index >= 15 is 0 Å². The Morgan fingerprint density at radius 3 is 2.40 bits per heavy atom. The Balaban J connectivity index is 1.91. The molecule has 0 amide bonds. The number of thioether (sulfide) groups is 1. The zero-order chi connectivity index (χ0) is 18.2. The van der Waals surface area contributed by atoms with E-state index in [1.165, 1.54) is 0 Å². The summed E-state index contributed by atoms with van der Waals surface area (Å²) >= 11 is 3.30. The summed E-state index contributed by atoms with van der Waals surface area (Å²) in [4.78, 5) is 4.86. The van der Waals surface area contributed by atoms with Gasteiger partial charge in [-0.3, -0.25) is 4.72 Å². The molecule has 0 fully saturated rings. The number of aromatic nitrogens is 1. The van der Waals surface area contributed by atoms with Gasteiger partial charge in [-0.2, -0.15) is 0 Å². The number of hydrogen-bond acceptors (Lipinski definition) is 5. The number of benzene rings is 2. The lowest BCUT2D eigenvalue weighted by Gasteiger charge is -2.09. The average Bonchev–Trinajstić information content (AvgIpc) is 2.86. The normalized spacial score (nSPS) is 12.0. The van der Waals surface area contributed by atoms with Crippen molar-refractivity contribution in [2.24, 2.45) is 0 Å². The van der Waals surface area contributed by atoms with Crippen LogP contribution >= 0.6 is 23.1 Å². The molecule has 2 aromatic carbocycles. The lowest BCUT2D eigenvalue weighted by atomic mass is 10.2. The highest BCUT2D eigenvalue weighted by molar-refractivity contribution is 8.01. The molecule has 0 atom stereocenters. The van der Waals surface area contributed by atoms with Gasteiger partial charge in [0, 0.05) is 5.25 Å². The van der Waals surface area contributed by atoms with E-state index in [4.69, 9.17) is 0 Å². The minimum absolute atomic E-state index is 0.283. The SMILES string of the molecule is Cc1cc(C)cc(S(=O)(=O)Nc2ccc3nc(SC(C)C)sc3c2)c1. The van der Waals surface area contributed by atoms with E-state index in [9.17, 15) is 8.42 Å². The van der Waals surface area contributed by atoms with Crippen molar-refractivity contribution in [2.45, 2.75) is 42.2 Å². The highest BCUT2D eigenvalue weighted by Gasteiger charge is 2.16. The van der Waals surface area contributed by atoms with E-state index in [1.807, 2.05) is 32.0 Å². The third kappa shape index (κ3) is 4.34. The number of thiazole rings is 1. The van der Waals surface area contributed by atoms with E-state index < -0.39 is 10.0 Å². The first-order valence-electron chi connectivity index (χ1n) is 7.91. The van der Waals surface area contributed by atoms with Gasteiger partial charge in [0.15, 0.2) is 4.34 Å². The summed E-state index contributed by atoms with van der Waals surface area (Å²) in [6, 6.07) is 10.8. The maximum Gasteiger partial charge on any atom is 0.261 e. The van der Waals surface area contributed by atoms with Gasteiger partial charge < -0.3 is 0 Å². The molecule has 1 N–H and O–H groups in total. The minimum Gasteiger partial charge on any atom is -0.280 e. The van der Waals surface area contributed by atoms with Crippen molar-refractivity contribution in [3.05, 3.63) is 47.5 Å². The number of anilines is 1. The monoisotopic (exact) mass is 392 g/mol. The van der Waals surface area contributed by atoms with Gasteiger partial charge in [-0.05, 0) is 55.3 Å². The fraction of sp³-hybridized carbons (Fsp3) is 0.278. The molecule has 7 heteroatoms. The summed E-state index contributed by atoms with van der Waals surface area (Å²) in [6.07, 6.45) is 0. The Kier molecular flexibility index (Phi) is 5.09. The topological polar surface area (TPSA) is 59.1 Å². The summed E-state index contributed by atoms with van der Waals surface area (Å²) in [5.41, 5.74) is 3.29. The van der Waals surface area contributed by atoms with Crippen LogP contribution < -0.4 is 4.72 Å². The molecule has 0 aliphatic heterocycles. The van der Waals surface area contributed by atoms with Gasteiger partial charge in [0.05, 0.1) is 20.8 Å². The lowest BCUT2D eigenvalue weighted by Crippen LogP contribution is -2.13. The van der Waals surface area contributed by atoms with Crippen LogP contribution in [-0.2, 0) is 10.0 Å². The summed E-state index contributed by atoms with van der Waals surface area (Å²) in [5.74, 6) is 0. The molecule has 0 saturated carbocycles. The number of fused-ring (bicyclic) bond motifs is 1. The highest BCUT2D eigenvalue weighted by atomic mass is 32.2. The van der Waals surface area contributed by atoms with Crippen LogP contribution in [0.4, 0.5) is 5.69 Å². The van der Waals surface area contributed by atoms with Gasteiger partial charge in [0.25, 0.3) is 10.0 Å². The second-order valence-electron chi connectivity index (χ2n) is 6.26. The predicted octanol–water partition coefficient (Wildman–Crippen LogP) is 5.21. The minimum atomic E-state index is -3.61. The molecular formula is C18H20N2O2S3. The largest absolute Gasteiger partial charge is 0.280 e. The van der Waals surface area contributed by atoms with Crippen molar-refractivity contribution in [3.8, 4) is 0 Å². The summed E-state index contributed by atoms with van der Waals surface area (Å²) in [7, 11) is -3.61. The maximum absolute atomic E-state index is 12.7. The molecule has 0 saturated heterocycles. The van der Waals surface area contributed by atoms with Gasteiger partial charge in [0.1, 0.15) is 0 Å². The molecular weight excluding hydrogens is 372 g/mol. The van der Waals surface area contributed by atoms with Gasteiger partial charge in [-0.15, -0.1) is 11.3 Å². The van der Waals surface area contributed by atoms with Crippen LogP contribution in [0.1, 0.15) is 25.0 Å². The first-order chi connectivity index (χ1) is 11.7. The van der Waals surface area contributed by atoms with Crippen LogP contribution in [0.5, 0.6) is 0 Å². The van der Waals surface area contributed by atoms with Crippen molar-refractivity contribution in [2.75, 3.05) is 4.72 Å². The highest BCUT2D eigenvalue weighted by Crippen LogP contribution is 2.33.